The quantitative estimate of drug-likeness (QED) is 0.543. The Kier molecular flexibility index (Phi) is 2.93. The number of aryl methyl sites for hydroxylation is 1. The van der Waals surface area contributed by atoms with Gasteiger partial charge in [-0.05, 0) is 31.0 Å². The van der Waals surface area contributed by atoms with E-state index in [0.717, 1.165) is 9.36 Å². The monoisotopic (exact) mass is 169 g/mol. The van der Waals surface area contributed by atoms with Crippen LogP contribution in [0.25, 0.3) is 0 Å². The third-order valence-corrected chi connectivity index (χ3v) is 2.01. The first kappa shape index (κ1) is 8.59. The highest BCUT2D eigenvalue weighted by Gasteiger charge is 1.95. The van der Waals surface area contributed by atoms with E-state index in [4.69, 9.17) is 5.21 Å². The zero-order chi connectivity index (χ0) is 8.27. The SMILES string of the molecule is Cc1ccc(SN(C)O)cc1. The van der Waals surface area contributed by atoms with Crippen LogP contribution in [0.4, 0.5) is 0 Å². The molecule has 1 N–H and O–H groups in total. The fourth-order valence-electron chi connectivity index (χ4n) is 0.752. The zero-order valence-electron chi connectivity index (χ0n) is 6.61. The van der Waals surface area contributed by atoms with Crippen molar-refractivity contribution in [3.63, 3.8) is 0 Å². The van der Waals surface area contributed by atoms with E-state index in [1.165, 1.54) is 17.5 Å². The lowest BCUT2D eigenvalue weighted by atomic mass is 10.2. The number of hydrogen-bond donors (Lipinski definition) is 1. The van der Waals surface area contributed by atoms with E-state index < -0.39 is 0 Å². The van der Waals surface area contributed by atoms with Gasteiger partial charge in [-0.15, -0.1) is 4.47 Å². The molecule has 0 aliphatic heterocycles. The highest BCUT2D eigenvalue weighted by molar-refractivity contribution is 7.96. The molecule has 0 saturated carbocycles. The van der Waals surface area contributed by atoms with Gasteiger partial charge >= 0.3 is 0 Å². The van der Waals surface area contributed by atoms with Crippen molar-refractivity contribution in [3.8, 4) is 0 Å². The van der Waals surface area contributed by atoms with Crippen molar-refractivity contribution in [3.05, 3.63) is 29.8 Å². The highest BCUT2D eigenvalue weighted by atomic mass is 32.2. The van der Waals surface area contributed by atoms with Crippen LogP contribution in [-0.2, 0) is 0 Å². The van der Waals surface area contributed by atoms with Gasteiger partial charge in [-0.1, -0.05) is 17.7 Å². The summed E-state index contributed by atoms with van der Waals surface area (Å²) in [6.07, 6.45) is 0. The molecular weight excluding hydrogens is 158 g/mol. The molecule has 0 heterocycles. The molecule has 0 atom stereocenters. The van der Waals surface area contributed by atoms with E-state index in [0.29, 0.717) is 0 Å². The number of rotatable bonds is 2. The zero-order valence-corrected chi connectivity index (χ0v) is 7.43. The number of hydroxylamine groups is 1. The van der Waals surface area contributed by atoms with Crippen LogP contribution in [0.15, 0.2) is 29.2 Å². The van der Waals surface area contributed by atoms with E-state index in [-0.39, 0.29) is 0 Å². The second-order valence-electron chi connectivity index (χ2n) is 2.37. The number of hydrogen-bond acceptors (Lipinski definition) is 3. The first-order valence-electron chi connectivity index (χ1n) is 3.36. The molecule has 3 heteroatoms. The van der Waals surface area contributed by atoms with Crippen LogP contribution in [0, 0.1) is 6.92 Å². The molecule has 0 aromatic heterocycles. The first-order chi connectivity index (χ1) is 5.18. The lowest BCUT2D eigenvalue weighted by Gasteiger charge is -2.05. The van der Waals surface area contributed by atoms with Crippen LogP contribution in [0.2, 0.25) is 0 Å². The van der Waals surface area contributed by atoms with Gasteiger partial charge in [0.2, 0.25) is 0 Å². The minimum atomic E-state index is 1.04. The van der Waals surface area contributed by atoms with Crippen molar-refractivity contribution in [1.29, 1.82) is 0 Å². The van der Waals surface area contributed by atoms with Crippen molar-refractivity contribution in [2.24, 2.45) is 0 Å². The molecule has 0 amide bonds. The minimum absolute atomic E-state index is 1.04. The Morgan fingerprint density at radius 2 is 1.82 bits per heavy atom. The number of benzene rings is 1. The lowest BCUT2D eigenvalue weighted by Crippen LogP contribution is -1.99. The molecular formula is C8H11NOS. The van der Waals surface area contributed by atoms with Crippen LogP contribution in [-0.4, -0.2) is 16.7 Å². The van der Waals surface area contributed by atoms with E-state index in [1.807, 2.05) is 31.2 Å². The Hall–Kier alpha value is -0.510. The van der Waals surface area contributed by atoms with Crippen molar-refractivity contribution in [2.45, 2.75) is 11.8 Å². The fourth-order valence-corrected chi connectivity index (χ4v) is 1.31. The van der Waals surface area contributed by atoms with Crippen molar-refractivity contribution in [2.75, 3.05) is 7.05 Å². The maximum atomic E-state index is 8.87. The van der Waals surface area contributed by atoms with Gasteiger partial charge in [-0.3, -0.25) is 0 Å². The summed E-state index contributed by atoms with van der Waals surface area (Å²) in [6, 6.07) is 8.00. The van der Waals surface area contributed by atoms with Gasteiger partial charge < -0.3 is 5.21 Å². The smallest absolute Gasteiger partial charge is 0.0251 e. The summed E-state index contributed by atoms with van der Waals surface area (Å²) in [5.74, 6) is 0. The average Bonchev–Trinajstić information content (AvgIpc) is 1.93. The molecule has 0 radical (unpaired) electrons. The van der Waals surface area contributed by atoms with E-state index in [2.05, 4.69) is 0 Å². The van der Waals surface area contributed by atoms with Crippen molar-refractivity contribution < 1.29 is 5.21 Å². The Morgan fingerprint density at radius 1 is 1.27 bits per heavy atom. The van der Waals surface area contributed by atoms with E-state index in [9.17, 15) is 0 Å². The summed E-state index contributed by atoms with van der Waals surface area (Å²) in [4.78, 5) is 1.04. The van der Waals surface area contributed by atoms with Crippen LogP contribution >= 0.6 is 11.9 Å². The summed E-state index contributed by atoms with van der Waals surface area (Å²) in [5.41, 5.74) is 1.23. The topological polar surface area (TPSA) is 23.5 Å². The normalized spacial score (nSPS) is 10.5. The maximum Gasteiger partial charge on any atom is 0.0251 e. The first-order valence-corrected chi connectivity index (χ1v) is 4.13. The summed E-state index contributed by atoms with van der Waals surface area (Å²) in [6.45, 7) is 2.04. The van der Waals surface area contributed by atoms with Crippen molar-refractivity contribution >= 4 is 11.9 Å². The van der Waals surface area contributed by atoms with E-state index in [1.54, 1.807) is 7.05 Å². The summed E-state index contributed by atoms with van der Waals surface area (Å²) in [7, 11) is 1.60. The Bertz CT molecular complexity index is 220. The van der Waals surface area contributed by atoms with Crippen LogP contribution < -0.4 is 0 Å². The van der Waals surface area contributed by atoms with Gasteiger partial charge in [-0.25, -0.2) is 0 Å². The average molecular weight is 169 g/mol. The van der Waals surface area contributed by atoms with Crippen LogP contribution in [0.5, 0.6) is 0 Å². The summed E-state index contributed by atoms with van der Waals surface area (Å²) >= 11 is 1.30. The Labute approximate surface area is 70.9 Å². The van der Waals surface area contributed by atoms with Gasteiger partial charge in [0.05, 0.1) is 0 Å². The van der Waals surface area contributed by atoms with Crippen LogP contribution in [0.1, 0.15) is 5.56 Å². The molecule has 0 unspecified atom stereocenters. The molecule has 0 spiro atoms. The molecule has 0 aliphatic carbocycles. The highest BCUT2D eigenvalue weighted by Crippen LogP contribution is 2.18. The van der Waals surface area contributed by atoms with Gasteiger partial charge in [0.1, 0.15) is 0 Å². The molecule has 0 saturated heterocycles. The lowest BCUT2D eigenvalue weighted by molar-refractivity contribution is 0.0454. The molecule has 1 aromatic rings. The largest absolute Gasteiger partial charge is 0.303 e. The second-order valence-corrected chi connectivity index (χ2v) is 3.55. The third-order valence-electron chi connectivity index (χ3n) is 1.26. The molecule has 1 aromatic carbocycles. The molecule has 2 nitrogen and oxygen atoms in total. The Balaban J connectivity index is 2.66. The van der Waals surface area contributed by atoms with Gasteiger partial charge in [0, 0.05) is 11.9 Å². The standard InChI is InChI=1S/C8H11NOS/c1-7-3-5-8(6-4-7)11-9(2)10/h3-6,10H,1-2H3. The molecule has 1 rings (SSSR count). The van der Waals surface area contributed by atoms with Gasteiger partial charge in [0.15, 0.2) is 0 Å². The molecule has 0 fully saturated rings. The molecule has 0 bridgehead atoms. The van der Waals surface area contributed by atoms with E-state index >= 15 is 0 Å². The predicted molar refractivity (Wildman–Crippen MR) is 46.6 cm³/mol. The number of nitrogens with zero attached hydrogens (tertiary/aromatic N) is 1. The van der Waals surface area contributed by atoms with Gasteiger partial charge in [0.25, 0.3) is 0 Å². The third kappa shape index (κ3) is 2.93. The predicted octanol–water partition coefficient (Wildman–Crippen LogP) is 2.32. The summed E-state index contributed by atoms with van der Waals surface area (Å²) in [5, 5.41) is 8.87. The minimum Gasteiger partial charge on any atom is -0.303 e. The summed E-state index contributed by atoms with van der Waals surface area (Å²) < 4.78 is 1.09. The molecule has 11 heavy (non-hydrogen) atoms. The van der Waals surface area contributed by atoms with Gasteiger partial charge in [-0.2, -0.15) is 0 Å². The second kappa shape index (κ2) is 3.76. The van der Waals surface area contributed by atoms with Crippen LogP contribution in [0.3, 0.4) is 0 Å². The molecule has 60 valence electrons. The fraction of sp³-hybridized carbons (Fsp3) is 0.250. The maximum absolute atomic E-state index is 8.87. The Morgan fingerprint density at radius 3 is 2.27 bits per heavy atom. The van der Waals surface area contributed by atoms with Crippen molar-refractivity contribution in [1.82, 2.24) is 4.47 Å². The molecule has 0 aliphatic rings.